The molecule has 17 heavy (non-hydrogen) atoms. The predicted octanol–water partition coefficient (Wildman–Crippen LogP) is 2.61. The van der Waals surface area contributed by atoms with Crippen LogP contribution in [0.1, 0.15) is 47.0 Å². The van der Waals surface area contributed by atoms with Crippen molar-refractivity contribution in [1.82, 2.24) is 4.90 Å². The largest absolute Gasteiger partial charge is 0.444 e. The molecule has 1 aliphatic carbocycles. The fourth-order valence-electron chi connectivity index (χ4n) is 1.94. The second-order valence-electron chi connectivity index (χ2n) is 5.73. The van der Waals surface area contributed by atoms with E-state index in [1.165, 1.54) is 0 Å². The number of Topliss-reactive ketones (excluding diaryl/α,β-unsaturated/α-hetero) is 1. The maximum atomic E-state index is 11.8. The first kappa shape index (κ1) is 14.0. The first-order chi connectivity index (χ1) is 7.74. The zero-order valence-corrected chi connectivity index (χ0v) is 11.4. The SMILES string of the molecule is CCC(=O)C1CC(N(C)C(=O)OC(C)(C)C)C1. The minimum atomic E-state index is -0.465. The Labute approximate surface area is 103 Å². The van der Waals surface area contributed by atoms with Gasteiger partial charge in [-0.3, -0.25) is 4.79 Å². The number of ether oxygens (including phenoxy) is 1. The van der Waals surface area contributed by atoms with E-state index in [9.17, 15) is 9.59 Å². The molecule has 1 aliphatic rings. The molecule has 0 bridgehead atoms. The van der Waals surface area contributed by atoms with Gasteiger partial charge in [-0.25, -0.2) is 4.79 Å². The van der Waals surface area contributed by atoms with Gasteiger partial charge in [-0.1, -0.05) is 6.92 Å². The third-order valence-electron chi connectivity index (χ3n) is 3.15. The summed E-state index contributed by atoms with van der Waals surface area (Å²) in [4.78, 5) is 24.8. The molecule has 1 amide bonds. The van der Waals surface area contributed by atoms with E-state index >= 15 is 0 Å². The summed E-state index contributed by atoms with van der Waals surface area (Å²) in [6.45, 7) is 7.43. The van der Waals surface area contributed by atoms with E-state index in [-0.39, 0.29) is 18.1 Å². The van der Waals surface area contributed by atoms with Crippen LogP contribution in [-0.2, 0) is 9.53 Å². The first-order valence-corrected chi connectivity index (χ1v) is 6.23. The summed E-state index contributed by atoms with van der Waals surface area (Å²) in [5, 5.41) is 0. The standard InChI is InChI=1S/C13H23NO3/c1-6-11(15)9-7-10(8-9)14(5)12(16)17-13(2,3)4/h9-10H,6-8H2,1-5H3. The molecule has 0 saturated heterocycles. The predicted molar refractivity (Wildman–Crippen MR) is 65.8 cm³/mol. The average molecular weight is 241 g/mol. The average Bonchev–Trinajstić information content (AvgIpc) is 2.12. The molecule has 0 radical (unpaired) electrons. The Balaban J connectivity index is 2.39. The normalized spacial score (nSPS) is 23.8. The fourth-order valence-corrected chi connectivity index (χ4v) is 1.94. The minimum Gasteiger partial charge on any atom is -0.444 e. The number of carbonyl (C=O) groups is 2. The van der Waals surface area contributed by atoms with Gasteiger partial charge < -0.3 is 9.64 Å². The van der Waals surface area contributed by atoms with Crippen LogP contribution >= 0.6 is 0 Å². The van der Waals surface area contributed by atoms with Crippen molar-refractivity contribution in [3.8, 4) is 0 Å². The topological polar surface area (TPSA) is 46.6 Å². The van der Waals surface area contributed by atoms with Crippen LogP contribution in [0.5, 0.6) is 0 Å². The van der Waals surface area contributed by atoms with Gasteiger partial charge in [0, 0.05) is 25.4 Å². The zero-order valence-electron chi connectivity index (χ0n) is 11.4. The van der Waals surface area contributed by atoms with Crippen LogP contribution in [0.3, 0.4) is 0 Å². The van der Waals surface area contributed by atoms with Gasteiger partial charge in [0.05, 0.1) is 0 Å². The van der Waals surface area contributed by atoms with Crippen molar-refractivity contribution in [3.63, 3.8) is 0 Å². The highest BCUT2D eigenvalue weighted by atomic mass is 16.6. The Morgan fingerprint density at radius 3 is 2.24 bits per heavy atom. The summed E-state index contributed by atoms with van der Waals surface area (Å²) in [6.07, 6.45) is 1.85. The lowest BCUT2D eigenvalue weighted by Gasteiger charge is -2.40. The van der Waals surface area contributed by atoms with Gasteiger partial charge in [-0.15, -0.1) is 0 Å². The molecule has 0 aromatic rings. The summed E-state index contributed by atoms with van der Waals surface area (Å²) in [5.41, 5.74) is -0.465. The molecule has 0 unspecified atom stereocenters. The van der Waals surface area contributed by atoms with E-state index in [4.69, 9.17) is 4.74 Å². The highest BCUT2D eigenvalue weighted by Gasteiger charge is 2.38. The number of hydrogen-bond donors (Lipinski definition) is 0. The molecule has 0 aromatic heterocycles. The lowest BCUT2D eigenvalue weighted by molar-refractivity contribution is -0.127. The lowest BCUT2D eigenvalue weighted by Crippen LogP contribution is -2.49. The Hall–Kier alpha value is -1.06. The quantitative estimate of drug-likeness (QED) is 0.763. The van der Waals surface area contributed by atoms with Crippen molar-refractivity contribution < 1.29 is 14.3 Å². The van der Waals surface area contributed by atoms with Crippen LogP contribution in [-0.4, -0.2) is 35.5 Å². The summed E-state index contributed by atoms with van der Waals surface area (Å²) < 4.78 is 5.28. The van der Waals surface area contributed by atoms with Crippen molar-refractivity contribution in [2.75, 3.05) is 7.05 Å². The highest BCUT2D eigenvalue weighted by Crippen LogP contribution is 2.33. The number of hydrogen-bond acceptors (Lipinski definition) is 3. The molecule has 1 rings (SSSR count). The molecular weight excluding hydrogens is 218 g/mol. The van der Waals surface area contributed by atoms with E-state index in [1.807, 2.05) is 27.7 Å². The smallest absolute Gasteiger partial charge is 0.410 e. The van der Waals surface area contributed by atoms with Crippen LogP contribution in [0.25, 0.3) is 0 Å². The highest BCUT2D eigenvalue weighted by molar-refractivity contribution is 5.82. The van der Waals surface area contributed by atoms with Crippen molar-refractivity contribution in [3.05, 3.63) is 0 Å². The van der Waals surface area contributed by atoms with Gasteiger partial charge in [-0.05, 0) is 33.6 Å². The summed E-state index contributed by atoms with van der Waals surface area (Å²) >= 11 is 0. The fraction of sp³-hybridized carbons (Fsp3) is 0.846. The van der Waals surface area contributed by atoms with E-state index in [2.05, 4.69) is 0 Å². The van der Waals surface area contributed by atoms with Crippen LogP contribution in [0, 0.1) is 5.92 Å². The summed E-state index contributed by atoms with van der Waals surface area (Å²) in [6, 6.07) is 0.158. The molecule has 0 N–H and O–H groups in total. The van der Waals surface area contributed by atoms with Crippen LogP contribution < -0.4 is 0 Å². The number of amides is 1. The monoisotopic (exact) mass is 241 g/mol. The molecule has 0 aromatic carbocycles. The summed E-state index contributed by atoms with van der Waals surface area (Å²) in [5.74, 6) is 0.453. The molecular formula is C13H23NO3. The molecule has 4 nitrogen and oxygen atoms in total. The van der Waals surface area contributed by atoms with Gasteiger partial charge >= 0.3 is 6.09 Å². The van der Waals surface area contributed by atoms with Crippen LogP contribution in [0.4, 0.5) is 4.79 Å². The zero-order chi connectivity index (χ0) is 13.2. The lowest BCUT2D eigenvalue weighted by atomic mass is 9.76. The molecule has 0 aliphatic heterocycles. The minimum absolute atomic E-state index is 0.148. The maximum Gasteiger partial charge on any atom is 0.410 e. The molecule has 0 spiro atoms. The summed E-state index contributed by atoms with van der Waals surface area (Å²) in [7, 11) is 1.74. The first-order valence-electron chi connectivity index (χ1n) is 6.23. The number of carbonyl (C=O) groups excluding carboxylic acids is 2. The molecule has 0 atom stereocenters. The van der Waals surface area contributed by atoms with Gasteiger partial charge in [0.15, 0.2) is 0 Å². The van der Waals surface area contributed by atoms with E-state index in [0.29, 0.717) is 12.2 Å². The molecule has 0 heterocycles. The Morgan fingerprint density at radius 2 is 1.82 bits per heavy atom. The Morgan fingerprint density at radius 1 is 1.29 bits per heavy atom. The Bertz CT molecular complexity index is 300. The van der Waals surface area contributed by atoms with Crippen molar-refractivity contribution >= 4 is 11.9 Å². The molecule has 1 fully saturated rings. The van der Waals surface area contributed by atoms with Gasteiger partial charge in [0.1, 0.15) is 11.4 Å². The van der Waals surface area contributed by atoms with Crippen molar-refractivity contribution in [2.45, 2.75) is 58.6 Å². The van der Waals surface area contributed by atoms with Crippen LogP contribution in [0.15, 0.2) is 0 Å². The molecule has 4 heteroatoms. The van der Waals surface area contributed by atoms with Gasteiger partial charge in [0.25, 0.3) is 0 Å². The second-order valence-corrected chi connectivity index (χ2v) is 5.73. The molecule has 98 valence electrons. The van der Waals surface area contributed by atoms with Crippen molar-refractivity contribution in [1.29, 1.82) is 0 Å². The number of ketones is 1. The van der Waals surface area contributed by atoms with E-state index < -0.39 is 5.60 Å². The van der Waals surface area contributed by atoms with E-state index in [1.54, 1.807) is 11.9 Å². The van der Waals surface area contributed by atoms with Gasteiger partial charge in [-0.2, -0.15) is 0 Å². The number of nitrogens with zero attached hydrogens (tertiary/aromatic N) is 1. The number of rotatable bonds is 3. The second kappa shape index (κ2) is 5.07. The maximum absolute atomic E-state index is 11.8. The van der Waals surface area contributed by atoms with Crippen LogP contribution in [0.2, 0.25) is 0 Å². The third kappa shape index (κ3) is 3.72. The Kier molecular flexibility index (Phi) is 4.17. The molecule has 1 saturated carbocycles. The van der Waals surface area contributed by atoms with E-state index in [0.717, 1.165) is 12.8 Å². The third-order valence-corrected chi connectivity index (χ3v) is 3.15. The van der Waals surface area contributed by atoms with Crippen molar-refractivity contribution in [2.24, 2.45) is 5.92 Å². The van der Waals surface area contributed by atoms with Gasteiger partial charge in [0.2, 0.25) is 0 Å².